The van der Waals surface area contributed by atoms with Gasteiger partial charge < -0.3 is 5.32 Å². The highest BCUT2D eigenvalue weighted by molar-refractivity contribution is 5.57. The lowest BCUT2D eigenvalue weighted by Crippen LogP contribution is -2.13. The van der Waals surface area contributed by atoms with Crippen molar-refractivity contribution in [2.75, 3.05) is 11.9 Å². The van der Waals surface area contributed by atoms with Crippen LogP contribution in [-0.2, 0) is 12.8 Å². The smallest absolute Gasteiger partial charge is 0.0405 e. The van der Waals surface area contributed by atoms with E-state index in [9.17, 15) is 0 Å². The van der Waals surface area contributed by atoms with Gasteiger partial charge in [0.25, 0.3) is 0 Å². The van der Waals surface area contributed by atoms with Gasteiger partial charge in [-0.2, -0.15) is 0 Å². The molecule has 96 valence electrons. The van der Waals surface area contributed by atoms with Crippen LogP contribution in [0.1, 0.15) is 51.7 Å². The Kier molecular flexibility index (Phi) is 6.10. The molecule has 0 radical (unpaired) electrons. The van der Waals surface area contributed by atoms with Crippen LogP contribution in [0.15, 0.2) is 18.2 Å². The molecular formula is C16H27N. The van der Waals surface area contributed by atoms with Crippen molar-refractivity contribution < 1.29 is 0 Å². The van der Waals surface area contributed by atoms with Gasteiger partial charge in [0, 0.05) is 12.2 Å². The van der Waals surface area contributed by atoms with Crippen LogP contribution in [0.5, 0.6) is 0 Å². The Bertz CT molecular complexity index is 308. The second kappa shape index (κ2) is 7.37. The first-order valence-corrected chi connectivity index (χ1v) is 7.07. The molecule has 0 heterocycles. The number of anilines is 1. The molecule has 1 aromatic rings. The molecule has 1 aromatic carbocycles. The molecule has 0 bridgehead atoms. The van der Waals surface area contributed by atoms with Crippen molar-refractivity contribution in [3.8, 4) is 0 Å². The van der Waals surface area contributed by atoms with Gasteiger partial charge in [-0.05, 0) is 36.3 Å². The van der Waals surface area contributed by atoms with Gasteiger partial charge in [0.05, 0.1) is 0 Å². The summed E-state index contributed by atoms with van der Waals surface area (Å²) in [7, 11) is 0. The third kappa shape index (κ3) is 4.07. The molecule has 1 N–H and O–H groups in total. The molecule has 0 amide bonds. The zero-order valence-electron chi connectivity index (χ0n) is 11.8. The van der Waals surface area contributed by atoms with Crippen molar-refractivity contribution in [2.24, 2.45) is 5.92 Å². The average Bonchev–Trinajstić information content (AvgIpc) is 2.36. The summed E-state index contributed by atoms with van der Waals surface area (Å²) >= 11 is 0. The van der Waals surface area contributed by atoms with E-state index in [2.05, 4.69) is 51.2 Å². The molecular weight excluding hydrogens is 206 g/mol. The Labute approximate surface area is 107 Å². The second-order valence-corrected chi connectivity index (χ2v) is 4.93. The van der Waals surface area contributed by atoms with Crippen LogP contribution in [0, 0.1) is 5.92 Å². The lowest BCUT2D eigenvalue weighted by atomic mass is 10.0. The Morgan fingerprint density at radius 2 is 1.65 bits per heavy atom. The molecule has 0 fully saturated rings. The zero-order valence-corrected chi connectivity index (χ0v) is 11.8. The molecule has 0 saturated heterocycles. The van der Waals surface area contributed by atoms with Crippen LogP contribution in [0.3, 0.4) is 0 Å². The normalized spacial score (nSPS) is 12.5. The van der Waals surface area contributed by atoms with Crippen LogP contribution in [-0.4, -0.2) is 6.54 Å². The molecule has 1 unspecified atom stereocenters. The number of nitrogens with one attached hydrogen (secondary N) is 1. The topological polar surface area (TPSA) is 12.0 Å². The van der Waals surface area contributed by atoms with Crippen LogP contribution in [0.25, 0.3) is 0 Å². The number of rotatable bonds is 7. The Balaban J connectivity index is 2.74. The minimum absolute atomic E-state index is 0.759. The van der Waals surface area contributed by atoms with Crippen molar-refractivity contribution in [3.63, 3.8) is 0 Å². The third-order valence-electron chi connectivity index (χ3n) is 3.41. The fourth-order valence-corrected chi connectivity index (χ4v) is 2.34. The van der Waals surface area contributed by atoms with Gasteiger partial charge in [-0.25, -0.2) is 0 Å². The van der Waals surface area contributed by atoms with E-state index >= 15 is 0 Å². The summed E-state index contributed by atoms with van der Waals surface area (Å²) in [5, 5.41) is 3.67. The Morgan fingerprint density at radius 3 is 2.12 bits per heavy atom. The average molecular weight is 233 g/mol. The number of hydrogen-bond donors (Lipinski definition) is 1. The van der Waals surface area contributed by atoms with Gasteiger partial charge in [-0.15, -0.1) is 0 Å². The first-order chi connectivity index (χ1) is 8.22. The SMILES string of the molecule is CCCC(C)CNc1c(CC)cccc1CC. The van der Waals surface area contributed by atoms with E-state index in [0.29, 0.717) is 0 Å². The van der Waals surface area contributed by atoms with E-state index < -0.39 is 0 Å². The van der Waals surface area contributed by atoms with E-state index in [0.717, 1.165) is 25.3 Å². The molecule has 1 nitrogen and oxygen atoms in total. The molecule has 1 rings (SSSR count). The summed E-state index contributed by atoms with van der Waals surface area (Å²) in [6, 6.07) is 6.66. The van der Waals surface area contributed by atoms with Gasteiger partial charge in [0.2, 0.25) is 0 Å². The maximum atomic E-state index is 3.67. The lowest BCUT2D eigenvalue weighted by molar-refractivity contribution is 0.550. The Hall–Kier alpha value is -0.980. The molecule has 0 aliphatic rings. The first-order valence-electron chi connectivity index (χ1n) is 7.07. The van der Waals surface area contributed by atoms with Crippen LogP contribution < -0.4 is 5.32 Å². The minimum atomic E-state index is 0.759. The molecule has 0 aliphatic carbocycles. The summed E-state index contributed by atoms with van der Waals surface area (Å²) in [4.78, 5) is 0. The largest absolute Gasteiger partial charge is 0.384 e. The van der Waals surface area contributed by atoms with Crippen molar-refractivity contribution in [3.05, 3.63) is 29.3 Å². The fraction of sp³-hybridized carbons (Fsp3) is 0.625. The predicted octanol–water partition coefficient (Wildman–Crippen LogP) is 4.66. The highest BCUT2D eigenvalue weighted by Gasteiger charge is 2.07. The van der Waals surface area contributed by atoms with Gasteiger partial charge >= 0.3 is 0 Å². The first kappa shape index (κ1) is 14.1. The molecule has 1 atom stereocenters. The van der Waals surface area contributed by atoms with E-state index in [1.54, 1.807) is 0 Å². The summed E-state index contributed by atoms with van der Waals surface area (Å²) in [6.45, 7) is 10.1. The number of benzene rings is 1. The maximum Gasteiger partial charge on any atom is 0.0405 e. The molecule has 0 spiro atoms. The van der Waals surface area contributed by atoms with Crippen LogP contribution >= 0.6 is 0 Å². The maximum absolute atomic E-state index is 3.67. The van der Waals surface area contributed by atoms with E-state index in [4.69, 9.17) is 0 Å². The van der Waals surface area contributed by atoms with Crippen molar-refractivity contribution in [1.82, 2.24) is 0 Å². The minimum Gasteiger partial charge on any atom is -0.384 e. The highest BCUT2D eigenvalue weighted by atomic mass is 14.9. The molecule has 0 saturated carbocycles. The van der Waals surface area contributed by atoms with E-state index in [-0.39, 0.29) is 0 Å². The van der Waals surface area contributed by atoms with Gasteiger partial charge in [-0.3, -0.25) is 0 Å². The second-order valence-electron chi connectivity index (χ2n) is 4.93. The van der Waals surface area contributed by atoms with Crippen LogP contribution in [0.2, 0.25) is 0 Å². The third-order valence-corrected chi connectivity index (χ3v) is 3.41. The lowest BCUT2D eigenvalue weighted by Gasteiger charge is -2.18. The van der Waals surface area contributed by atoms with Crippen molar-refractivity contribution in [1.29, 1.82) is 0 Å². The van der Waals surface area contributed by atoms with Gasteiger partial charge in [0.1, 0.15) is 0 Å². The fourth-order valence-electron chi connectivity index (χ4n) is 2.34. The summed E-state index contributed by atoms with van der Waals surface area (Å²) in [5.41, 5.74) is 4.29. The Morgan fingerprint density at radius 1 is 1.06 bits per heavy atom. The van der Waals surface area contributed by atoms with E-state index in [1.807, 2.05) is 0 Å². The van der Waals surface area contributed by atoms with Crippen LogP contribution in [0.4, 0.5) is 5.69 Å². The monoisotopic (exact) mass is 233 g/mol. The summed E-state index contributed by atoms with van der Waals surface area (Å²) in [5.74, 6) is 0.759. The van der Waals surface area contributed by atoms with Gasteiger partial charge in [-0.1, -0.05) is 52.3 Å². The highest BCUT2D eigenvalue weighted by Crippen LogP contribution is 2.23. The molecule has 0 aliphatic heterocycles. The predicted molar refractivity (Wildman–Crippen MR) is 77.8 cm³/mol. The van der Waals surface area contributed by atoms with E-state index in [1.165, 1.54) is 29.7 Å². The zero-order chi connectivity index (χ0) is 12.7. The van der Waals surface area contributed by atoms with Gasteiger partial charge in [0.15, 0.2) is 0 Å². The molecule has 17 heavy (non-hydrogen) atoms. The summed E-state index contributed by atoms with van der Waals surface area (Å²) < 4.78 is 0. The summed E-state index contributed by atoms with van der Waals surface area (Å²) in [6.07, 6.45) is 4.80. The number of para-hydroxylation sites is 1. The quantitative estimate of drug-likeness (QED) is 0.722. The van der Waals surface area contributed by atoms with Crippen molar-refractivity contribution in [2.45, 2.75) is 53.4 Å². The number of hydrogen-bond acceptors (Lipinski definition) is 1. The number of aryl methyl sites for hydroxylation is 2. The molecule has 0 aromatic heterocycles. The van der Waals surface area contributed by atoms with Crippen molar-refractivity contribution >= 4 is 5.69 Å². The standard InChI is InChI=1S/C16H27N/c1-5-9-13(4)12-17-16-14(6-2)10-8-11-15(16)7-3/h8,10-11,13,17H,5-7,9,12H2,1-4H3. The molecule has 1 heteroatoms.